The molecule has 1 atom stereocenters. The van der Waals surface area contributed by atoms with E-state index in [0.717, 1.165) is 48.1 Å². The van der Waals surface area contributed by atoms with Crippen molar-refractivity contribution in [2.24, 2.45) is 5.92 Å². The molecular weight excluding hydrogens is 404 g/mol. The molecule has 156 valence electrons. The fraction of sp³-hybridized carbons (Fsp3) is 0.478. The third-order valence-corrected chi connectivity index (χ3v) is 6.88. The zero-order chi connectivity index (χ0) is 20.8. The van der Waals surface area contributed by atoms with Crippen LogP contribution in [0, 0.1) is 5.92 Å². The lowest BCUT2D eigenvalue weighted by Crippen LogP contribution is -2.42. The quantitative estimate of drug-likeness (QED) is 0.574. The van der Waals surface area contributed by atoms with Gasteiger partial charge in [-0.2, -0.15) is 0 Å². The molecule has 0 spiro atoms. The highest BCUT2D eigenvalue weighted by Gasteiger charge is 2.23. The summed E-state index contributed by atoms with van der Waals surface area (Å²) in [5, 5.41) is 2.70. The number of carbonyl (C=O) groups excluding carboxylic acids is 2. The minimum absolute atomic E-state index is 0.0583. The van der Waals surface area contributed by atoms with Gasteiger partial charge in [0.05, 0.1) is 11.3 Å². The lowest BCUT2D eigenvalue weighted by molar-refractivity contribution is -0.130. The predicted octanol–water partition coefficient (Wildman–Crippen LogP) is 4.56. The summed E-state index contributed by atoms with van der Waals surface area (Å²) in [5.74, 6) is 0.692. The summed E-state index contributed by atoms with van der Waals surface area (Å²) in [7, 11) is 1.90. The van der Waals surface area contributed by atoms with E-state index in [1.54, 1.807) is 6.92 Å². The molecule has 3 rings (SSSR count). The van der Waals surface area contributed by atoms with E-state index in [4.69, 9.17) is 11.6 Å². The van der Waals surface area contributed by atoms with E-state index in [1.165, 1.54) is 29.7 Å². The fourth-order valence-corrected chi connectivity index (χ4v) is 4.83. The largest absolute Gasteiger partial charge is 0.345 e. The number of carbonyl (C=O) groups is 2. The van der Waals surface area contributed by atoms with Crippen LogP contribution in [0.5, 0.6) is 0 Å². The van der Waals surface area contributed by atoms with Gasteiger partial charge in [-0.15, -0.1) is 11.3 Å². The van der Waals surface area contributed by atoms with E-state index in [-0.39, 0.29) is 11.7 Å². The summed E-state index contributed by atoms with van der Waals surface area (Å²) in [6, 6.07) is 9.93. The number of hydrogen-bond donors (Lipinski definition) is 0. The number of amides is 1. The molecule has 29 heavy (non-hydrogen) atoms. The normalized spacial score (nSPS) is 17.3. The van der Waals surface area contributed by atoms with E-state index < -0.39 is 0 Å². The average Bonchev–Trinajstić information content (AvgIpc) is 3.17. The summed E-state index contributed by atoms with van der Waals surface area (Å²) < 4.78 is 0. The van der Waals surface area contributed by atoms with Gasteiger partial charge < -0.3 is 9.80 Å². The highest BCUT2D eigenvalue weighted by molar-refractivity contribution is 7.12. The molecule has 4 nitrogen and oxygen atoms in total. The monoisotopic (exact) mass is 432 g/mol. The number of Topliss-reactive ketones (excluding diaryl/α,β-unsaturated/α-hetero) is 1. The Kier molecular flexibility index (Phi) is 7.87. The first-order valence-electron chi connectivity index (χ1n) is 10.2. The number of benzene rings is 1. The number of rotatable bonds is 8. The topological polar surface area (TPSA) is 40.6 Å². The smallest absolute Gasteiger partial charge is 0.226 e. The summed E-state index contributed by atoms with van der Waals surface area (Å²) >= 11 is 7.38. The molecule has 1 aliphatic heterocycles. The minimum atomic E-state index is 0.0583. The molecule has 1 aliphatic rings. The van der Waals surface area contributed by atoms with Crippen LogP contribution in [0.4, 0.5) is 0 Å². The molecule has 2 aromatic rings. The van der Waals surface area contributed by atoms with Crippen LogP contribution >= 0.6 is 22.9 Å². The van der Waals surface area contributed by atoms with Gasteiger partial charge >= 0.3 is 0 Å². The number of ketones is 1. The van der Waals surface area contributed by atoms with Gasteiger partial charge in [-0.05, 0) is 73.4 Å². The van der Waals surface area contributed by atoms with Crippen molar-refractivity contribution >= 4 is 34.6 Å². The van der Waals surface area contributed by atoms with Crippen molar-refractivity contribution in [1.82, 2.24) is 9.80 Å². The Morgan fingerprint density at radius 2 is 2.00 bits per heavy atom. The van der Waals surface area contributed by atoms with Crippen LogP contribution in [-0.2, 0) is 17.6 Å². The first-order chi connectivity index (χ1) is 13.9. The molecular formula is C23H29ClN2O2S. The van der Waals surface area contributed by atoms with Gasteiger partial charge in [0.2, 0.25) is 5.91 Å². The standard InChI is InChI=1S/C23H29ClN2O2S/c1-17(27)22-12-20(16-29-22)13-23(28)25(2)14-19-4-3-10-26(15-19)11-9-18-5-7-21(24)8-6-18/h5-8,12,16,19H,3-4,9-11,13-15H2,1-2H3. The number of hydrogen-bond acceptors (Lipinski definition) is 4. The first-order valence-corrected chi connectivity index (χ1v) is 11.5. The van der Waals surface area contributed by atoms with E-state index >= 15 is 0 Å². The lowest BCUT2D eigenvalue weighted by Gasteiger charge is -2.34. The summed E-state index contributed by atoms with van der Waals surface area (Å²) in [5.41, 5.74) is 2.25. The molecule has 0 saturated carbocycles. The molecule has 0 bridgehead atoms. The second-order valence-corrected chi connectivity index (χ2v) is 9.36. The van der Waals surface area contributed by atoms with E-state index in [1.807, 2.05) is 35.5 Å². The maximum atomic E-state index is 12.6. The Bertz CT molecular complexity index is 834. The van der Waals surface area contributed by atoms with Crippen LogP contribution in [0.2, 0.25) is 5.02 Å². The summed E-state index contributed by atoms with van der Waals surface area (Å²) in [6.07, 6.45) is 3.74. The molecule has 0 radical (unpaired) electrons. The van der Waals surface area contributed by atoms with Crippen LogP contribution in [0.3, 0.4) is 0 Å². The van der Waals surface area contributed by atoms with Crippen LogP contribution < -0.4 is 0 Å². The molecule has 1 saturated heterocycles. The van der Waals surface area contributed by atoms with Crippen molar-refractivity contribution < 1.29 is 9.59 Å². The average molecular weight is 433 g/mol. The number of likely N-dealkylation sites (tertiary alicyclic amines) is 1. The lowest BCUT2D eigenvalue weighted by atomic mass is 9.97. The van der Waals surface area contributed by atoms with Crippen molar-refractivity contribution in [3.05, 3.63) is 56.7 Å². The Morgan fingerprint density at radius 1 is 1.24 bits per heavy atom. The van der Waals surface area contributed by atoms with Gasteiger partial charge in [0.15, 0.2) is 5.78 Å². The van der Waals surface area contributed by atoms with E-state index in [2.05, 4.69) is 17.0 Å². The minimum Gasteiger partial charge on any atom is -0.345 e. The second kappa shape index (κ2) is 10.4. The van der Waals surface area contributed by atoms with Gasteiger partial charge in [0, 0.05) is 31.7 Å². The van der Waals surface area contributed by atoms with Crippen molar-refractivity contribution in [2.45, 2.75) is 32.6 Å². The van der Waals surface area contributed by atoms with Crippen LogP contribution in [-0.4, -0.2) is 54.7 Å². The number of thiophene rings is 1. The van der Waals surface area contributed by atoms with Crippen molar-refractivity contribution in [3.63, 3.8) is 0 Å². The van der Waals surface area contributed by atoms with Crippen LogP contribution in [0.15, 0.2) is 35.7 Å². The highest BCUT2D eigenvalue weighted by atomic mass is 35.5. The molecule has 1 unspecified atom stereocenters. The Balaban J connectivity index is 1.45. The van der Waals surface area contributed by atoms with Gasteiger partial charge in [-0.25, -0.2) is 0 Å². The summed E-state index contributed by atoms with van der Waals surface area (Å²) in [4.78, 5) is 29.1. The maximum absolute atomic E-state index is 12.6. The summed E-state index contributed by atoms with van der Waals surface area (Å²) in [6.45, 7) is 5.56. The molecule has 1 aromatic carbocycles. The van der Waals surface area contributed by atoms with Gasteiger partial charge in [-0.3, -0.25) is 9.59 Å². The molecule has 0 N–H and O–H groups in total. The zero-order valence-corrected chi connectivity index (χ0v) is 18.8. The molecule has 6 heteroatoms. The SMILES string of the molecule is CC(=O)c1cc(CC(=O)N(C)CC2CCCN(CCc3ccc(Cl)cc3)C2)cs1. The molecule has 0 aliphatic carbocycles. The third kappa shape index (κ3) is 6.66. The maximum Gasteiger partial charge on any atom is 0.226 e. The molecule has 2 heterocycles. The van der Waals surface area contributed by atoms with Gasteiger partial charge in [-0.1, -0.05) is 23.7 Å². The Labute approximate surface area is 182 Å². The van der Waals surface area contributed by atoms with E-state index in [0.29, 0.717) is 12.3 Å². The highest BCUT2D eigenvalue weighted by Crippen LogP contribution is 2.20. The first kappa shape index (κ1) is 22.0. The second-order valence-electron chi connectivity index (χ2n) is 8.01. The molecule has 1 amide bonds. The number of likely N-dealkylation sites (N-methyl/N-ethyl adjacent to an activating group) is 1. The van der Waals surface area contributed by atoms with Crippen molar-refractivity contribution in [3.8, 4) is 0 Å². The fourth-order valence-electron chi connectivity index (χ4n) is 3.89. The van der Waals surface area contributed by atoms with Crippen LogP contribution in [0.1, 0.15) is 40.6 Å². The zero-order valence-electron chi connectivity index (χ0n) is 17.2. The Hall–Kier alpha value is -1.69. The van der Waals surface area contributed by atoms with Gasteiger partial charge in [0.1, 0.15) is 0 Å². The van der Waals surface area contributed by atoms with Gasteiger partial charge in [0.25, 0.3) is 0 Å². The molecule has 1 fully saturated rings. The Morgan fingerprint density at radius 3 is 2.69 bits per heavy atom. The van der Waals surface area contributed by atoms with Crippen molar-refractivity contribution in [2.75, 3.05) is 33.2 Å². The van der Waals surface area contributed by atoms with Crippen molar-refractivity contribution in [1.29, 1.82) is 0 Å². The number of halogens is 1. The third-order valence-electron chi connectivity index (χ3n) is 5.55. The van der Waals surface area contributed by atoms with Crippen LogP contribution in [0.25, 0.3) is 0 Å². The number of piperidine rings is 1. The predicted molar refractivity (Wildman–Crippen MR) is 120 cm³/mol. The molecule has 1 aromatic heterocycles. The van der Waals surface area contributed by atoms with E-state index in [9.17, 15) is 9.59 Å². The number of nitrogens with zero attached hydrogens (tertiary/aromatic N) is 2.